The first-order valence-electron chi connectivity index (χ1n) is 6.32. The summed E-state index contributed by atoms with van der Waals surface area (Å²) in [6.45, 7) is 3.59. The van der Waals surface area contributed by atoms with Crippen LogP contribution in [0.3, 0.4) is 0 Å². The normalized spacial score (nSPS) is 13.2. The van der Waals surface area contributed by atoms with Crippen LogP contribution < -0.4 is 4.72 Å². The average Bonchev–Trinajstić information content (AvgIpc) is 2.88. The van der Waals surface area contributed by atoms with Gasteiger partial charge in [0.25, 0.3) is 10.0 Å². The van der Waals surface area contributed by atoms with Gasteiger partial charge in [-0.15, -0.1) is 11.3 Å². The predicted molar refractivity (Wildman–Crippen MR) is 81.6 cm³/mol. The van der Waals surface area contributed by atoms with E-state index in [4.69, 9.17) is 0 Å². The van der Waals surface area contributed by atoms with Crippen LogP contribution in [-0.2, 0) is 16.4 Å². The Hall–Kier alpha value is -1.37. The highest BCUT2D eigenvalue weighted by Gasteiger charge is 2.19. The summed E-state index contributed by atoms with van der Waals surface area (Å²) in [5.74, 6) is 0. The fourth-order valence-electron chi connectivity index (χ4n) is 1.84. The van der Waals surface area contributed by atoms with E-state index in [2.05, 4.69) is 4.72 Å². The molecule has 1 atom stereocenters. The molecule has 1 aromatic carbocycles. The summed E-state index contributed by atoms with van der Waals surface area (Å²) in [6, 6.07) is 10.3. The summed E-state index contributed by atoms with van der Waals surface area (Å²) < 4.78 is 27.5. The Morgan fingerprint density at radius 2 is 1.95 bits per heavy atom. The molecule has 0 fully saturated rings. The summed E-state index contributed by atoms with van der Waals surface area (Å²) >= 11 is 1.26. The number of nitrogens with one attached hydrogen (secondary N) is 1. The highest BCUT2D eigenvalue weighted by molar-refractivity contribution is 7.94. The quantitative estimate of drug-likeness (QED) is 0.891. The van der Waals surface area contributed by atoms with Gasteiger partial charge in [-0.3, -0.25) is 4.72 Å². The number of para-hydroxylation sites is 1. The predicted octanol–water partition coefficient (Wildman–Crippen LogP) is 3.16. The van der Waals surface area contributed by atoms with E-state index < -0.39 is 16.1 Å². The lowest BCUT2D eigenvalue weighted by Gasteiger charge is -2.13. The Morgan fingerprint density at radius 3 is 2.55 bits per heavy atom. The van der Waals surface area contributed by atoms with Crippen LogP contribution in [0.5, 0.6) is 0 Å². The van der Waals surface area contributed by atoms with Crippen LogP contribution in [0.2, 0.25) is 0 Å². The molecule has 0 bridgehead atoms. The number of rotatable bonds is 5. The van der Waals surface area contributed by atoms with Crippen molar-refractivity contribution < 1.29 is 13.5 Å². The molecule has 0 radical (unpaired) electrons. The van der Waals surface area contributed by atoms with Gasteiger partial charge in [-0.05, 0) is 31.5 Å². The SMILES string of the molecule is CCc1ccc(S(=O)(=O)Nc2ccccc2C(C)O)s1. The van der Waals surface area contributed by atoms with Crippen molar-refractivity contribution in [3.8, 4) is 0 Å². The molecule has 108 valence electrons. The number of hydrogen-bond donors (Lipinski definition) is 2. The third-order valence-electron chi connectivity index (χ3n) is 2.91. The Kier molecular flexibility index (Phi) is 4.47. The fraction of sp³-hybridized carbons (Fsp3) is 0.286. The standard InChI is InChI=1S/C14H17NO3S2/c1-3-11-8-9-14(19-11)20(17,18)15-13-7-5-4-6-12(13)10(2)16/h4-10,15-16H,3H2,1-2H3. The minimum atomic E-state index is -3.60. The van der Waals surface area contributed by atoms with Gasteiger partial charge in [0.1, 0.15) is 4.21 Å². The van der Waals surface area contributed by atoms with Crippen LogP contribution in [0.1, 0.15) is 30.4 Å². The highest BCUT2D eigenvalue weighted by Crippen LogP contribution is 2.28. The molecule has 0 amide bonds. The zero-order valence-electron chi connectivity index (χ0n) is 11.3. The minimum Gasteiger partial charge on any atom is -0.389 e. The molecule has 2 rings (SSSR count). The molecule has 20 heavy (non-hydrogen) atoms. The lowest BCUT2D eigenvalue weighted by atomic mass is 10.1. The largest absolute Gasteiger partial charge is 0.389 e. The Bertz CT molecular complexity index is 690. The summed E-state index contributed by atoms with van der Waals surface area (Å²) in [5, 5.41) is 9.68. The van der Waals surface area contributed by atoms with Crippen LogP contribution in [0.4, 0.5) is 5.69 Å². The highest BCUT2D eigenvalue weighted by atomic mass is 32.2. The van der Waals surface area contributed by atoms with Gasteiger partial charge in [-0.25, -0.2) is 8.42 Å². The zero-order valence-corrected chi connectivity index (χ0v) is 13.0. The zero-order chi connectivity index (χ0) is 14.8. The number of hydrogen-bond acceptors (Lipinski definition) is 4. The summed E-state index contributed by atoms with van der Waals surface area (Å²) in [6.07, 6.45) is 0.0770. The number of thiophene rings is 1. The fourth-order valence-corrected chi connectivity index (χ4v) is 4.23. The maximum atomic E-state index is 12.3. The maximum absolute atomic E-state index is 12.3. The number of aliphatic hydroxyl groups excluding tert-OH is 1. The molecule has 6 heteroatoms. The summed E-state index contributed by atoms with van der Waals surface area (Å²) in [7, 11) is -3.60. The van der Waals surface area contributed by atoms with Gasteiger partial charge in [-0.2, -0.15) is 0 Å². The molecule has 1 heterocycles. The molecule has 0 saturated heterocycles. The second kappa shape index (κ2) is 5.95. The number of aryl methyl sites for hydroxylation is 1. The van der Waals surface area contributed by atoms with E-state index in [1.54, 1.807) is 37.3 Å². The van der Waals surface area contributed by atoms with Crippen molar-refractivity contribution in [1.29, 1.82) is 0 Å². The van der Waals surface area contributed by atoms with E-state index in [1.165, 1.54) is 11.3 Å². The van der Waals surface area contributed by atoms with Crippen molar-refractivity contribution >= 4 is 27.0 Å². The number of sulfonamides is 1. The van der Waals surface area contributed by atoms with Crippen LogP contribution in [0.25, 0.3) is 0 Å². The lowest BCUT2D eigenvalue weighted by Crippen LogP contribution is -2.13. The molecule has 0 spiro atoms. The van der Waals surface area contributed by atoms with Crippen LogP contribution in [0, 0.1) is 0 Å². The van der Waals surface area contributed by atoms with Crippen molar-refractivity contribution in [2.45, 2.75) is 30.6 Å². The van der Waals surface area contributed by atoms with Gasteiger partial charge in [0.2, 0.25) is 0 Å². The van der Waals surface area contributed by atoms with Crippen molar-refractivity contribution in [1.82, 2.24) is 0 Å². The topological polar surface area (TPSA) is 66.4 Å². The van der Waals surface area contributed by atoms with E-state index in [-0.39, 0.29) is 4.21 Å². The Morgan fingerprint density at radius 1 is 1.25 bits per heavy atom. The monoisotopic (exact) mass is 311 g/mol. The number of benzene rings is 1. The van der Waals surface area contributed by atoms with Gasteiger partial charge in [-0.1, -0.05) is 25.1 Å². The summed E-state index contributed by atoms with van der Waals surface area (Å²) in [4.78, 5) is 1.02. The van der Waals surface area contributed by atoms with Crippen LogP contribution in [-0.4, -0.2) is 13.5 Å². The second-order valence-electron chi connectivity index (χ2n) is 4.44. The van der Waals surface area contributed by atoms with Crippen molar-refractivity contribution in [3.63, 3.8) is 0 Å². The molecule has 2 aromatic rings. The van der Waals surface area contributed by atoms with E-state index in [1.807, 2.05) is 13.0 Å². The van der Waals surface area contributed by atoms with Gasteiger partial charge in [0.15, 0.2) is 0 Å². The summed E-state index contributed by atoms with van der Waals surface area (Å²) in [5.41, 5.74) is 0.970. The van der Waals surface area contributed by atoms with E-state index in [0.717, 1.165) is 11.3 Å². The molecule has 0 aliphatic carbocycles. The van der Waals surface area contributed by atoms with Crippen LogP contribution in [0.15, 0.2) is 40.6 Å². The first kappa shape index (κ1) is 15.0. The van der Waals surface area contributed by atoms with Gasteiger partial charge >= 0.3 is 0 Å². The Balaban J connectivity index is 2.33. The van der Waals surface area contributed by atoms with Crippen molar-refractivity contribution in [2.75, 3.05) is 4.72 Å². The van der Waals surface area contributed by atoms with Crippen LogP contribution >= 0.6 is 11.3 Å². The Labute approximate surface area is 123 Å². The molecule has 2 N–H and O–H groups in total. The number of anilines is 1. The smallest absolute Gasteiger partial charge is 0.271 e. The third-order valence-corrected chi connectivity index (χ3v) is 5.99. The molecule has 0 saturated carbocycles. The van der Waals surface area contributed by atoms with Gasteiger partial charge in [0.05, 0.1) is 11.8 Å². The maximum Gasteiger partial charge on any atom is 0.271 e. The van der Waals surface area contributed by atoms with E-state index in [9.17, 15) is 13.5 Å². The molecule has 0 aliphatic heterocycles. The first-order chi connectivity index (χ1) is 9.44. The molecule has 4 nitrogen and oxygen atoms in total. The van der Waals surface area contributed by atoms with Gasteiger partial charge in [0, 0.05) is 10.4 Å². The molecular weight excluding hydrogens is 294 g/mol. The van der Waals surface area contributed by atoms with Gasteiger partial charge < -0.3 is 5.11 Å². The number of aliphatic hydroxyl groups is 1. The van der Waals surface area contributed by atoms with Crippen molar-refractivity contribution in [2.24, 2.45) is 0 Å². The van der Waals surface area contributed by atoms with Crippen molar-refractivity contribution in [3.05, 3.63) is 46.8 Å². The average molecular weight is 311 g/mol. The van der Waals surface area contributed by atoms with E-state index in [0.29, 0.717) is 11.3 Å². The first-order valence-corrected chi connectivity index (χ1v) is 8.62. The minimum absolute atomic E-state index is 0.287. The molecular formula is C14H17NO3S2. The molecule has 1 aromatic heterocycles. The van der Waals surface area contributed by atoms with E-state index >= 15 is 0 Å². The molecule has 0 aliphatic rings. The second-order valence-corrected chi connectivity index (χ2v) is 7.52. The third kappa shape index (κ3) is 3.20. The lowest BCUT2D eigenvalue weighted by molar-refractivity contribution is 0.200. The molecule has 1 unspecified atom stereocenters.